The third-order valence-corrected chi connectivity index (χ3v) is 3.93. The van der Waals surface area contributed by atoms with Gasteiger partial charge >= 0.3 is 0 Å². The molecule has 1 amide bonds. The summed E-state index contributed by atoms with van der Waals surface area (Å²) in [7, 11) is 0. The molecule has 0 fully saturated rings. The van der Waals surface area contributed by atoms with Crippen molar-refractivity contribution in [2.45, 2.75) is 13.8 Å². The quantitative estimate of drug-likeness (QED) is 0.706. The van der Waals surface area contributed by atoms with Gasteiger partial charge in [-0.05, 0) is 68.5 Å². The Morgan fingerprint density at radius 1 is 1.00 bits per heavy atom. The van der Waals surface area contributed by atoms with E-state index >= 15 is 0 Å². The number of carbonyl (C=O) groups is 1. The van der Waals surface area contributed by atoms with E-state index in [0.717, 1.165) is 22.6 Å². The van der Waals surface area contributed by atoms with Gasteiger partial charge in [-0.15, -0.1) is 0 Å². The zero-order valence-electron chi connectivity index (χ0n) is 14.3. The third kappa shape index (κ3) is 3.85. The van der Waals surface area contributed by atoms with E-state index in [0.29, 0.717) is 5.69 Å². The molecule has 132 valence electrons. The molecule has 0 aliphatic carbocycles. The average molecular weight is 353 g/mol. The van der Waals surface area contributed by atoms with Crippen molar-refractivity contribution in [3.63, 3.8) is 0 Å². The van der Waals surface area contributed by atoms with Crippen LogP contribution in [0.1, 0.15) is 17.0 Å². The van der Waals surface area contributed by atoms with E-state index in [1.54, 1.807) is 22.9 Å². The minimum atomic E-state index is -0.363. The van der Waals surface area contributed by atoms with Crippen LogP contribution in [0.4, 0.5) is 14.5 Å². The molecule has 0 unspecified atom stereocenters. The average Bonchev–Trinajstić information content (AvgIpc) is 2.90. The molecular formula is C20H17F2N3O. The first-order chi connectivity index (χ1) is 12.4. The monoisotopic (exact) mass is 353 g/mol. The summed E-state index contributed by atoms with van der Waals surface area (Å²) in [5.74, 6) is -1.00. The topological polar surface area (TPSA) is 46.9 Å². The van der Waals surface area contributed by atoms with Crippen LogP contribution in [0.3, 0.4) is 0 Å². The van der Waals surface area contributed by atoms with Crippen LogP contribution in [0.25, 0.3) is 11.8 Å². The zero-order valence-corrected chi connectivity index (χ0v) is 14.3. The predicted octanol–water partition coefficient (Wildman–Crippen LogP) is 4.42. The minimum Gasteiger partial charge on any atom is -0.323 e. The Morgan fingerprint density at radius 3 is 2.19 bits per heavy atom. The first-order valence-electron chi connectivity index (χ1n) is 8.01. The number of aromatic nitrogens is 2. The Morgan fingerprint density at radius 2 is 1.58 bits per heavy atom. The van der Waals surface area contributed by atoms with Crippen molar-refractivity contribution in [1.29, 1.82) is 0 Å². The molecule has 1 heterocycles. The molecule has 0 spiro atoms. The van der Waals surface area contributed by atoms with Gasteiger partial charge in [-0.25, -0.2) is 13.5 Å². The van der Waals surface area contributed by atoms with Crippen LogP contribution in [0.2, 0.25) is 0 Å². The lowest BCUT2D eigenvalue weighted by molar-refractivity contribution is -0.111. The molecule has 2 aromatic carbocycles. The Hall–Kier alpha value is -3.28. The van der Waals surface area contributed by atoms with Gasteiger partial charge in [0.25, 0.3) is 0 Å². The van der Waals surface area contributed by atoms with Gasteiger partial charge in [0.1, 0.15) is 11.6 Å². The number of rotatable bonds is 4. The van der Waals surface area contributed by atoms with E-state index in [4.69, 9.17) is 0 Å². The maximum absolute atomic E-state index is 13.1. The van der Waals surface area contributed by atoms with Crippen molar-refractivity contribution in [3.05, 3.63) is 83.2 Å². The fourth-order valence-corrected chi connectivity index (χ4v) is 2.61. The summed E-state index contributed by atoms with van der Waals surface area (Å²) < 4.78 is 27.7. The Bertz CT molecular complexity index is 958. The molecule has 0 saturated heterocycles. The van der Waals surface area contributed by atoms with Gasteiger partial charge in [0.05, 0.1) is 11.4 Å². The lowest BCUT2D eigenvalue weighted by atomic mass is 10.2. The molecule has 4 nitrogen and oxygen atoms in total. The number of hydrogen-bond donors (Lipinski definition) is 1. The molecule has 0 atom stereocenters. The maximum Gasteiger partial charge on any atom is 0.248 e. The Kier molecular flexibility index (Phi) is 4.93. The van der Waals surface area contributed by atoms with Crippen LogP contribution in [0, 0.1) is 25.5 Å². The van der Waals surface area contributed by atoms with Crippen LogP contribution < -0.4 is 5.32 Å². The van der Waals surface area contributed by atoms with E-state index in [1.807, 2.05) is 13.8 Å². The predicted molar refractivity (Wildman–Crippen MR) is 97.1 cm³/mol. The highest BCUT2D eigenvalue weighted by Gasteiger charge is 2.11. The lowest BCUT2D eigenvalue weighted by Gasteiger charge is -2.04. The summed E-state index contributed by atoms with van der Waals surface area (Å²) in [6, 6.07) is 11.6. The zero-order chi connectivity index (χ0) is 18.7. The second-order valence-electron chi connectivity index (χ2n) is 5.80. The summed E-state index contributed by atoms with van der Waals surface area (Å²) in [6.07, 6.45) is 3.08. The first kappa shape index (κ1) is 17.5. The van der Waals surface area contributed by atoms with E-state index in [-0.39, 0.29) is 17.5 Å². The Balaban J connectivity index is 1.79. The number of carbonyl (C=O) groups excluding carboxylic acids is 1. The van der Waals surface area contributed by atoms with Crippen LogP contribution in [-0.2, 0) is 4.79 Å². The number of halogens is 2. The molecule has 3 rings (SSSR count). The Labute approximate surface area is 149 Å². The van der Waals surface area contributed by atoms with Crippen molar-refractivity contribution in [2.24, 2.45) is 0 Å². The van der Waals surface area contributed by atoms with Crippen LogP contribution in [-0.4, -0.2) is 15.7 Å². The number of aryl methyl sites for hydroxylation is 1. The van der Waals surface area contributed by atoms with Crippen LogP contribution in [0.5, 0.6) is 0 Å². The second-order valence-corrected chi connectivity index (χ2v) is 5.80. The number of hydrogen-bond acceptors (Lipinski definition) is 2. The highest BCUT2D eigenvalue weighted by molar-refractivity contribution is 6.02. The first-order valence-corrected chi connectivity index (χ1v) is 8.01. The third-order valence-electron chi connectivity index (χ3n) is 3.93. The molecule has 26 heavy (non-hydrogen) atoms. The van der Waals surface area contributed by atoms with Gasteiger partial charge < -0.3 is 5.32 Å². The lowest BCUT2D eigenvalue weighted by Crippen LogP contribution is -2.07. The SMILES string of the molecule is Cc1nn(-c2ccc(F)cc2)c(C)c1/C=C/C(=O)Nc1ccc(F)cc1. The molecule has 3 aromatic rings. The number of anilines is 1. The smallest absolute Gasteiger partial charge is 0.248 e. The van der Waals surface area contributed by atoms with E-state index in [2.05, 4.69) is 10.4 Å². The second kappa shape index (κ2) is 7.31. The summed E-state index contributed by atoms with van der Waals surface area (Å²) >= 11 is 0. The number of amides is 1. The van der Waals surface area contributed by atoms with Gasteiger partial charge in [-0.2, -0.15) is 5.10 Å². The molecule has 0 saturated carbocycles. The fourth-order valence-electron chi connectivity index (χ4n) is 2.61. The van der Waals surface area contributed by atoms with Crippen LogP contribution in [0.15, 0.2) is 54.6 Å². The van der Waals surface area contributed by atoms with E-state index in [9.17, 15) is 13.6 Å². The summed E-state index contributed by atoms with van der Waals surface area (Å²) in [5.41, 5.74) is 3.64. The highest BCUT2D eigenvalue weighted by atomic mass is 19.1. The van der Waals surface area contributed by atoms with Gasteiger partial charge in [0, 0.05) is 23.0 Å². The maximum atomic E-state index is 13.1. The molecule has 6 heteroatoms. The summed E-state index contributed by atoms with van der Waals surface area (Å²) in [6.45, 7) is 3.71. The largest absolute Gasteiger partial charge is 0.323 e. The van der Waals surface area contributed by atoms with Gasteiger partial charge in [-0.1, -0.05) is 0 Å². The standard InChI is InChI=1S/C20H17F2N3O/c1-13-19(11-12-20(26)23-17-7-3-15(21)4-8-17)14(2)25(24-13)18-9-5-16(22)6-10-18/h3-12H,1-2H3,(H,23,26)/b12-11+. The molecule has 0 aliphatic rings. The normalized spacial score (nSPS) is 11.1. The van der Waals surface area contributed by atoms with Crippen molar-refractivity contribution >= 4 is 17.7 Å². The van der Waals surface area contributed by atoms with Gasteiger partial charge in [0.2, 0.25) is 5.91 Å². The highest BCUT2D eigenvalue weighted by Crippen LogP contribution is 2.19. The number of nitrogens with one attached hydrogen (secondary N) is 1. The fraction of sp³-hybridized carbons (Fsp3) is 0.100. The van der Waals surface area contributed by atoms with Gasteiger partial charge in [-0.3, -0.25) is 4.79 Å². The number of benzene rings is 2. The molecular weight excluding hydrogens is 336 g/mol. The van der Waals surface area contributed by atoms with Crippen LogP contribution >= 0.6 is 0 Å². The van der Waals surface area contributed by atoms with Crippen molar-refractivity contribution in [2.75, 3.05) is 5.32 Å². The molecule has 0 aliphatic heterocycles. The summed E-state index contributed by atoms with van der Waals surface area (Å²) in [5, 5.41) is 7.11. The molecule has 1 N–H and O–H groups in total. The number of nitrogens with zero attached hydrogens (tertiary/aromatic N) is 2. The van der Waals surface area contributed by atoms with E-state index in [1.165, 1.54) is 42.5 Å². The van der Waals surface area contributed by atoms with Gasteiger partial charge in [0.15, 0.2) is 0 Å². The van der Waals surface area contributed by atoms with Crippen molar-refractivity contribution in [1.82, 2.24) is 9.78 Å². The molecule has 0 bridgehead atoms. The molecule has 1 aromatic heterocycles. The molecule has 0 radical (unpaired) electrons. The van der Waals surface area contributed by atoms with Crippen molar-refractivity contribution < 1.29 is 13.6 Å². The van der Waals surface area contributed by atoms with Crippen molar-refractivity contribution in [3.8, 4) is 5.69 Å². The summed E-state index contributed by atoms with van der Waals surface area (Å²) in [4.78, 5) is 12.0. The minimum absolute atomic E-state index is 0.312. The van der Waals surface area contributed by atoms with E-state index < -0.39 is 0 Å².